The fourth-order valence-corrected chi connectivity index (χ4v) is 6.28. The summed E-state index contributed by atoms with van der Waals surface area (Å²) in [6.07, 6.45) is 7.72. The van der Waals surface area contributed by atoms with Gasteiger partial charge in [0.2, 0.25) is 10.0 Å². The van der Waals surface area contributed by atoms with Crippen LogP contribution in [0.3, 0.4) is 0 Å². The van der Waals surface area contributed by atoms with Crippen molar-refractivity contribution in [3.05, 3.63) is 75.4 Å². The summed E-state index contributed by atoms with van der Waals surface area (Å²) in [5.74, 6) is -0.285. The second-order valence-corrected chi connectivity index (χ2v) is 11.0. The van der Waals surface area contributed by atoms with Crippen molar-refractivity contribution < 1.29 is 18.0 Å². The van der Waals surface area contributed by atoms with Gasteiger partial charge >= 0.3 is 0 Å². The minimum atomic E-state index is -3.70. The Hall–Kier alpha value is -2.57. The first-order chi connectivity index (χ1) is 15.8. The zero-order valence-electron chi connectivity index (χ0n) is 19.6. The minimum Gasteiger partial charge on any atom is -0.289 e. The molecule has 0 radical (unpaired) electrons. The quantitative estimate of drug-likeness (QED) is 0.529. The largest absolute Gasteiger partial charge is 0.289 e. The maximum Gasteiger partial charge on any atom is 0.243 e. The van der Waals surface area contributed by atoms with Gasteiger partial charge in [0.25, 0.3) is 0 Å². The molecule has 2 aromatic rings. The Balaban J connectivity index is 1.88. The van der Waals surface area contributed by atoms with Crippen molar-refractivity contribution in [2.45, 2.75) is 77.3 Å². The number of fused-ring (bicyclic) bond motifs is 2. The average molecular weight is 466 g/mol. The normalized spacial score (nSPS) is 15.7. The number of sulfonamides is 1. The van der Waals surface area contributed by atoms with Gasteiger partial charge in [-0.05, 0) is 79.1 Å². The SMILES string of the molecule is CCCCc1c2c(c(CCCC)c3c1C(=O)C=CC3=O)CN(S(=O)(=O)c1ccc(C)cc1)C2. The van der Waals surface area contributed by atoms with Crippen molar-refractivity contribution >= 4 is 21.6 Å². The van der Waals surface area contributed by atoms with Gasteiger partial charge in [-0.3, -0.25) is 9.59 Å². The smallest absolute Gasteiger partial charge is 0.243 e. The van der Waals surface area contributed by atoms with E-state index in [0.29, 0.717) is 24.0 Å². The standard InChI is InChI=1S/C27H31NO4S/c1-4-6-8-20-22-16-28(33(31,32)19-12-10-18(3)11-13-19)17-23(22)21(9-7-5-2)27-25(30)15-14-24(29)26(20)27/h10-15H,4-9,16-17H2,1-3H3. The Morgan fingerprint density at radius 3 is 1.67 bits per heavy atom. The summed E-state index contributed by atoms with van der Waals surface area (Å²) in [7, 11) is -3.70. The molecule has 0 amide bonds. The molecule has 0 aromatic heterocycles. The van der Waals surface area contributed by atoms with E-state index in [1.54, 1.807) is 24.3 Å². The van der Waals surface area contributed by atoms with Gasteiger partial charge < -0.3 is 0 Å². The van der Waals surface area contributed by atoms with Crippen molar-refractivity contribution in [3.63, 3.8) is 0 Å². The third kappa shape index (κ3) is 4.22. The lowest BCUT2D eigenvalue weighted by Crippen LogP contribution is -2.25. The second kappa shape index (κ2) is 9.35. The monoisotopic (exact) mass is 465 g/mol. The molecule has 2 aromatic carbocycles. The van der Waals surface area contributed by atoms with Gasteiger partial charge in [-0.1, -0.05) is 44.4 Å². The Morgan fingerprint density at radius 2 is 1.24 bits per heavy atom. The summed E-state index contributed by atoms with van der Waals surface area (Å²) in [6, 6.07) is 6.89. The van der Waals surface area contributed by atoms with Gasteiger partial charge in [-0.2, -0.15) is 4.31 Å². The van der Waals surface area contributed by atoms with Crippen LogP contribution < -0.4 is 0 Å². The maximum atomic E-state index is 13.5. The Morgan fingerprint density at radius 1 is 0.788 bits per heavy atom. The molecule has 5 nitrogen and oxygen atoms in total. The van der Waals surface area contributed by atoms with E-state index in [1.807, 2.05) is 6.92 Å². The number of rotatable bonds is 8. The highest BCUT2D eigenvalue weighted by Gasteiger charge is 2.38. The molecule has 33 heavy (non-hydrogen) atoms. The third-order valence-corrected chi connectivity index (χ3v) is 8.52. The van der Waals surface area contributed by atoms with E-state index >= 15 is 0 Å². The van der Waals surface area contributed by atoms with Crippen LogP contribution in [0.5, 0.6) is 0 Å². The highest BCUT2D eigenvalue weighted by Crippen LogP contribution is 2.40. The van der Waals surface area contributed by atoms with E-state index in [2.05, 4.69) is 13.8 Å². The van der Waals surface area contributed by atoms with Crippen molar-refractivity contribution in [1.82, 2.24) is 4.31 Å². The van der Waals surface area contributed by atoms with E-state index in [1.165, 1.54) is 16.5 Å². The fourth-order valence-electron chi connectivity index (χ4n) is 4.91. The Bertz CT molecular complexity index is 1180. The molecule has 0 spiro atoms. The molecule has 0 saturated carbocycles. The van der Waals surface area contributed by atoms with Crippen LogP contribution in [0, 0.1) is 6.92 Å². The molecular formula is C27H31NO4S. The second-order valence-electron chi connectivity index (χ2n) is 9.02. The van der Waals surface area contributed by atoms with Crippen LogP contribution in [0.1, 0.15) is 88.1 Å². The molecule has 0 fully saturated rings. The molecule has 1 heterocycles. The van der Waals surface area contributed by atoms with E-state index in [9.17, 15) is 18.0 Å². The molecule has 0 saturated heterocycles. The summed E-state index contributed by atoms with van der Waals surface area (Å²) in [5, 5.41) is 0. The van der Waals surface area contributed by atoms with E-state index in [0.717, 1.165) is 53.5 Å². The molecule has 0 N–H and O–H groups in total. The molecule has 174 valence electrons. The van der Waals surface area contributed by atoms with Gasteiger partial charge in [-0.15, -0.1) is 0 Å². The fraction of sp³-hybridized carbons (Fsp3) is 0.407. The molecule has 2 aliphatic rings. The van der Waals surface area contributed by atoms with Crippen molar-refractivity contribution in [2.24, 2.45) is 0 Å². The van der Waals surface area contributed by atoms with Gasteiger partial charge in [0.1, 0.15) is 0 Å². The number of hydrogen-bond donors (Lipinski definition) is 0. The first kappa shape index (κ1) is 23.6. The average Bonchev–Trinajstić information content (AvgIpc) is 3.25. The van der Waals surface area contributed by atoms with Crippen LogP contribution in [-0.2, 0) is 36.0 Å². The summed E-state index contributed by atoms with van der Waals surface area (Å²) >= 11 is 0. The topological polar surface area (TPSA) is 71.5 Å². The van der Waals surface area contributed by atoms with Gasteiger partial charge in [0, 0.05) is 24.2 Å². The summed E-state index contributed by atoms with van der Waals surface area (Å²) in [6.45, 7) is 6.58. The van der Waals surface area contributed by atoms with E-state index < -0.39 is 10.0 Å². The lowest BCUT2D eigenvalue weighted by molar-refractivity contribution is 0.0992. The molecular weight excluding hydrogens is 434 g/mol. The predicted octanol–water partition coefficient (Wildman–Crippen LogP) is 5.32. The van der Waals surface area contributed by atoms with Gasteiger partial charge in [-0.25, -0.2) is 8.42 Å². The number of benzene rings is 2. The predicted molar refractivity (Wildman–Crippen MR) is 129 cm³/mol. The van der Waals surface area contributed by atoms with Crippen LogP contribution in [0.4, 0.5) is 0 Å². The summed E-state index contributed by atoms with van der Waals surface area (Å²) in [5.41, 5.74) is 5.61. The molecule has 6 heteroatoms. The van der Waals surface area contributed by atoms with Crippen LogP contribution >= 0.6 is 0 Å². The van der Waals surface area contributed by atoms with Crippen molar-refractivity contribution in [1.29, 1.82) is 0 Å². The number of carbonyl (C=O) groups excluding carboxylic acids is 2. The number of nitrogens with zero attached hydrogens (tertiary/aromatic N) is 1. The van der Waals surface area contributed by atoms with Crippen LogP contribution in [0.15, 0.2) is 41.3 Å². The highest BCUT2D eigenvalue weighted by atomic mass is 32.2. The highest BCUT2D eigenvalue weighted by molar-refractivity contribution is 7.89. The van der Waals surface area contributed by atoms with Crippen molar-refractivity contribution in [2.75, 3.05) is 0 Å². The molecule has 0 bridgehead atoms. The number of allylic oxidation sites excluding steroid dienone is 2. The number of carbonyl (C=O) groups is 2. The molecule has 4 rings (SSSR count). The lowest BCUT2D eigenvalue weighted by Gasteiger charge is -2.23. The van der Waals surface area contributed by atoms with Crippen LogP contribution in [0.25, 0.3) is 0 Å². The van der Waals surface area contributed by atoms with E-state index in [-0.39, 0.29) is 29.6 Å². The zero-order valence-corrected chi connectivity index (χ0v) is 20.4. The number of ketones is 2. The lowest BCUT2D eigenvalue weighted by atomic mass is 9.79. The molecule has 0 unspecified atom stereocenters. The third-order valence-electron chi connectivity index (χ3n) is 6.71. The van der Waals surface area contributed by atoms with Gasteiger partial charge in [0.15, 0.2) is 11.6 Å². The maximum absolute atomic E-state index is 13.5. The molecule has 1 aliphatic heterocycles. The molecule has 1 aliphatic carbocycles. The Labute approximate surface area is 196 Å². The number of aryl methyl sites for hydroxylation is 1. The number of hydrogen-bond acceptors (Lipinski definition) is 4. The molecule has 0 atom stereocenters. The van der Waals surface area contributed by atoms with Crippen LogP contribution in [-0.4, -0.2) is 24.3 Å². The summed E-state index contributed by atoms with van der Waals surface area (Å²) < 4.78 is 28.5. The van der Waals surface area contributed by atoms with Crippen LogP contribution in [0.2, 0.25) is 0 Å². The first-order valence-electron chi connectivity index (χ1n) is 11.8. The minimum absolute atomic E-state index is 0.143. The Kier molecular flexibility index (Phi) is 6.68. The van der Waals surface area contributed by atoms with Crippen molar-refractivity contribution in [3.8, 4) is 0 Å². The van der Waals surface area contributed by atoms with Gasteiger partial charge in [0.05, 0.1) is 4.90 Å². The zero-order chi connectivity index (χ0) is 23.8. The van der Waals surface area contributed by atoms with E-state index in [4.69, 9.17) is 0 Å². The summed E-state index contributed by atoms with van der Waals surface area (Å²) in [4.78, 5) is 26.3. The number of unbranched alkanes of at least 4 members (excludes halogenated alkanes) is 2. The first-order valence-corrected chi connectivity index (χ1v) is 13.3.